The number of carbonyl (C=O) groups is 1. The summed E-state index contributed by atoms with van der Waals surface area (Å²) >= 11 is 0. The summed E-state index contributed by atoms with van der Waals surface area (Å²) in [5, 5.41) is 2.75. The Morgan fingerprint density at radius 1 is 0.917 bits per heavy atom. The van der Waals surface area contributed by atoms with Gasteiger partial charge in [-0.15, -0.1) is 13.2 Å². The maximum atomic E-state index is 14.1. The van der Waals surface area contributed by atoms with Gasteiger partial charge in [0, 0.05) is 17.7 Å². The predicted octanol–water partition coefficient (Wildman–Crippen LogP) is 5.85. The SMILES string of the molecule is O=C(NCc1ccccc1)c1ccc(C2=CC(c3cccc(OC(F)(F)F)c3)(C(F)(F)F)ON2)cc1. The Morgan fingerprint density at radius 2 is 1.61 bits per heavy atom. The second-order valence-corrected chi connectivity index (χ2v) is 7.82. The van der Waals surface area contributed by atoms with Crippen molar-refractivity contribution in [1.82, 2.24) is 10.8 Å². The Labute approximate surface area is 201 Å². The van der Waals surface area contributed by atoms with Crippen molar-refractivity contribution in [2.45, 2.75) is 24.7 Å². The van der Waals surface area contributed by atoms with Gasteiger partial charge in [0.1, 0.15) is 5.75 Å². The first-order valence-corrected chi connectivity index (χ1v) is 10.5. The monoisotopic (exact) mass is 508 g/mol. The number of carbonyl (C=O) groups excluding carboxylic acids is 1. The minimum Gasteiger partial charge on any atom is -0.406 e. The molecule has 3 aromatic rings. The summed E-state index contributed by atoms with van der Waals surface area (Å²) in [5.74, 6) is -1.19. The first kappa shape index (κ1) is 25.1. The lowest BCUT2D eigenvalue weighted by Crippen LogP contribution is -2.42. The zero-order valence-electron chi connectivity index (χ0n) is 18.3. The number of ether oxygens (including phenoxy) is 1. The van der Waals surface area contributed by atoms with Crippen LogP contribution in [-0.2, 0) is 17.0 Å². The van der Waals surface area contributed by atoms with Crippen molar-refractivity contribution in [3.05, 3.63) is 107 Å². The van der Waals surface area contributed by atoms with Crippen LogP contribution in [0.4, 0.5) is 26.3 Å². The third-order valence-electron chi connectivity index (χ3n) is 5.34. The van der Waals surface area contributed by atoms with Gasteiger partial charge in [-0.25, -0.2) is 0 Å². The number of amides is 1. The Morgan fingerprint density at radius 3 is 2.25 bits per heavy atom. The third-order valence-corrected chi connectivity index (χ3v) is 5.34. The first-order chi connectivity index (χ1) is 17.0. The molecule has 0 aromatic heterocycles. The molecule has 1 atom stereocenters. The zero-order valence-corrected chi connectivity index (χ0v) is 18.3. The molecule has 0 aliphatic carbocycles. The van der Waals surface area contributed by atoms with Crippen LogP contribution in [-0.4, -0.2) is 18.4 Å². The fraction of sp³-hybridized carbons (Fsp3) is 0.160. The van der Waals surface area contributed by atoms with Crippen LogP contribution in [0.3, 0.4) is 0 Å². The van der Waals surface area contributed by atoms with Crippen molar-refractivity contribution in [2.24, 2.45) is 0 Å². The molecule has 0 saturated carbocycles. The zero-order chi connectivity index (χ0) is 26.0. The van der Waals surface area contributed by atoms with Gasteiger partial charge < -0.3 is 10.1 Å². The third kappa shape index (κ3) is 5.46. The number of hydrogen-bond acceptors (Lipinski definition) is 4. The Hall–Kier alpha value is -3.99. The normalized spacial score (nSPS) is 17.8. The van der Waals surface area contributed by atoms with E-state index in [0.717, 1.165) is 29.8 Å². The van der Waals surface area contributed by atoms with E-state index < -0.39 is 29.5 Å². The minimum absolute atomic E-state index is 0.0780. The maximum Gasteiger partial charge on any atom is 0.573 e. The highest BCUT2D eigenvalue weighted by Crippen LogP contribution is 2.48. The summed E-state index contributed by atoms with van der Waals surface area (Å²) in [7, 11) is 0. The van der Waals surface area contributed by atoms with Crippen LogP contribution in [0.25, 0.3) is 5.70 Å². The molecule has 0 radical (unpaired) electrons. The molecular weight excluding hydrogens is 490 g/mol. The maximum absolute atomic E-state index is 14.1. The molecule has 4 rings (SSSR count). The molecule has 0 fully saturated rings. The molecule has 5 nitrogen and oxygen atoms in total. The van der Waals surface area contributed by atoms with Crippen LogP contribution < -0.4 is 15.5 Å². The van der Waals surface area contributed by atoms with Crippen LogP contribution in [0.2, 0.25) is 0 Å². The van der Waals surface area contributed by atoms with Crippen LogP contribution in [0, 0.1) is 0 Å². The Kier molecular flexibility index (Phi) is 6.68. The molecule has 0 bridgehead atoms. The van der Waals surface area contributed by atoms with E-state index in [0.29, 0.717) is 12.6 Å². The molecule has 1 amide bonds. The number of hydrogen-bond donors (Lipinski definition) is 2. The predicted molar refractivity (Wildman–Crippen MR) is 117 cm³/mol. The van der Waals surface area contributed by atoms with E-state index in [1.165, 1.54) is 24.3 Å². The van der Waals surface area contributed by atoms with Gasteiger partial charge in [-0.3, -0.25) is 15.1 Å². The van der Waals surface area contributed by atoms with Crippen molar-refractivity contribution >= 4 is 11.6 Å². The Balaban J connectivity index is 1.56. The molecule has 3 aromatic carbocycles. The number of benzene rings is 3. The van der Waals surface area contributed by atoms with Crippen molar-refractivity contribution in [3.63, 3.8) is 0 Å². The lowest BCUT2D eigenvalue weighted by Gasteiger charge is -2.28. The van der Waals surface area contributed by atoms with Crippen molar-refractivity contribution < 1.29 is 40.7 Å². The summed E-state index contributed by atoms with van der Waals surface area (Å²) in [6.45, 7) is 0.299. The molecule has 1 aliphatic rings. The fourth-order valence-corrected chi connectivity index (χ4v) is 3.59. The molecular formula is C25H18F6N2O3. The average molecular weight is 508 g/mol. The van der Waals surface area contributed by atoms with Crippen LogP contribution in [0.5, 0.6) is 5.75 Å². The van der Waals surface area contributed by atoms with Crippen LogP contribution in [0.15, 0.2) is 84.9 Å². The average Bonchev–Trinajstić information content (AvgIpc) is 3.30. The smallest absolute Gasteiger partial charge is 0.406 e. The molecule has 0 saturated heterocycles. The fourth-order valence-electron chi connectivity index (χ4n) is 3.59. The summed E-state index contributed by atoms with van der Waals surface area (Å²) in [6, 6.07) is 18.4. The van der Waals surface area contributed by atoms with E-state index >= 15 is 0 Å². The lowest BCUT2D eigenvalue weighted by molar-refractivity contribution is -0.275. The van der Waals surface area contributed by atoms with Gasteiger partial charge in [-0.05, 0) is 41.5 Å². The molecule has 1 heterocycles. The van der Waals surface area contributed by atoms with Crippen LogP contribution >= 0.6 is 0 Å². The minimum atomic E-state index is -5.07. The molecule has 1 unspecified atom stereocenters. The number of halogens is 6. The van der Waals surface area contributed by atoms with Gasteiger partial charge >= 0.3 is 12.5 Å². The second kappa shape index (κ2) is 9.57. The molecule has 188 valence electrons. The van der Waals surface area contributed by atoms with E-state index in [1.54, 1.807) is 0 Å². The number of nitrogens with one attached hydrogen (secondary N) is 2. The van der Waals surface area contributed by atoms with Gasteiger partial charge in [0.05, 0.1) is 5.70 Å². The van der Waals surface area contributed by atoms with E-state index in [4.69, 9.17) is 4.84 Å². The van der Waals surface area contributed by atoms with Gasteiger partial charge in [0.2, 0.25) is 5.60 Å². The van der Waals surface area contributed by atoms with E-state index in [2.05, 4.69) is 15.5 Å². The number of hydroxylamine groups is 1. The van der Waals surface area contributed by atoms with Gasteiger partial charge in [-0.2, -0.15) is 13.2 Å². The first-order valence-electron chi connectivity index (χ1n) is 10.5. The van der Waals surface area contributed by atoms with Crippen molar-refractivity contribution in [3.8, 4) is 5.75 Å². The van der Waals surface area contributed by atoms with E-state index in [9.17, 15) is 31.1 Å². The van der Waals surface area contributed by atoms with Gasteiger partial charge in [0.15, 0.2) is 0 Å². The second-order valence-electron chi connectivity index (χ2n) is 7.82. The Bertz CT molecular complexity index is 1260. The quantitative estimate of drug-likeness (QED) is 0.411. The largest absolute Gasteiger partial charge is 0.573 e. The highest BCUT2D eigenvalue weighted by molar-refractivity contribution is 5.94. The highest BCUT2D eigenvalue weighted by Gasteiger charge is 2.59. The molecule has 36 heavy (non-hydrogen) atoms. The molecule has 11 heteroatoms. The lowest BCUT2D eigenvalue weighted by atomic mass is 9.91. The van der Waals surface area contributed by atoms with Crippen molar-refractivity contribution in [1.29, 1.82) is 0 Å². The molecule has 1 aliphatic heterocycles. The number of rotatable bonds is 6. The highest BCUT2D eigenvalue weighted by atomic mass is 19.4. The van der Waals surface area contributed by atoms with E-state index in [1.807, 2.05) is 30.3 Å². The summed E-state index contributed by atoms with van der Waals surface area (Å²) < 4.78 is 83.8. The van der Waals surface area contributed by atoms with Crippen LogP contribution in [0.1, 0.15) is 27.0 Å². The van der Waals surface area contributed by atoms with Crippen molar-refractivity contribution in [2.75, 3.05) is 0 Å². The summed E-state index contributed by atoms with van der Waals surface area (Å²) in [5.41, 5.74) is -0.105. The topological polar surface area (TPSA) is 59.6 Å². The summed E-state index contributed by atoms with van der Waals surface area (Å²) in [6.07, 6.45) is -9.38. The molecule has 0 spiro atoms. The van der Waals surface area contributed by atoms with Gasteiger partial charge in [-0.1, -0.05) is 54.6 Å². The van der Waals surface area contributed by atoms with Gasteiger partial charge in [0.25, 0.3) is 5.91 Å². The standard InChI is InChI=1S/C25H18F6N2O3/c26-24(27,28)23(19-7-4-8-20(13-19)35-25(29,30)31)14-21(33-36-23)17-9-11-18(12-10-17)22(34)32-15-16-5-2-1-3-6-16/h1-14,33H,15H2,(H,32,34). The molecule has 2 N–H and O–H groups in total. The summed E-state index contributed by atoms with van der Waals surface area (Å²) in [4.78, 5) is 17.3. The number of alkyl halides is 6. The van der Waals surface area contributed by atoms with E-state index in [-0.39, 0.29) is 22.7 Å².